The van der Waals surface area contributed by atoms with E-state index >= 15 is 0 Å². The van der Waals surface area contributed by atoms with Crippen molar-refractivity contribution in [3.8, 4) is 0 Å². The van der Waals surface area contributed by atoms with Gasteiger partial charge < -0.3 is 4.74 Å². The first-order chi connectivity index (χ1) is 9.00. The molecule has 0 saturated heterocycles. The van der Waals surface area contributed by atoms with Crippen LogP contribution in [0, 0.1) is 0 Å². The average Bonchev–Trinajstić information content (AvgIpc) is 2.76. The Morgan fingerprint density at radius 1 is 1.30 bits per heavy atom. The number of hydrogen-bond donors (Lipinski definition) is 0. The molecule has 5 nitrogen and oxygen atoms in total. The number of hydrogen-bond acceptors (Lipinski definition) is 3. The lowest BCUT2D eigenvalue weighted by atomic mass is 10.2. The summed E-state index contributed by atoms with van der Waals surface area (Å²) in [6, 6.07) is 0. The summed E-state index contributed by atoms with van der Waals surface area (Å²) in [5, 5.41) is 3.47. The standard InChI is InChI=1S/C12H16F3N3O2/c1-11(2,3)20-10(19)18-6-5-7-8(18)9(12(13,14)15)16-17(7)4/h5-6H2,1-4H3. The van der Waals surface area contributed by atoms with Crippen LogP contribution >= 0.6 is 0 Å². The zero-order valence-corrected chi connectivity index (χ0v) is 11.7. The number of carbonyl (C=O) groups is 1. The van der Waals surface area contributed by atoms with Crippen molar-refractivity contribution in [1.29, 1.82) is 0 Å². The Balaban J connectivity index is 2.39. The third kappa shape index (κ3) is 2.59. The fourth-order valence-corrected chi connectivity index (χ4v) is 2.13. The van der Waals surface area contributed by atoms with Crippen LogP contribution in [0.1, 0.15) is 32.2 Å². The predicted octanol–water partition coefficient (Wildman–Crippen LogP) is 2.74. The van der Waals surface area contributed by atoms with Crippen LogP contribution in [-0.2, 0) is 24.4 Å². The summed E-state index contributed by atoms with van der Waals surface area (Å²) in [7, 11) is 1.44. The normalized spacial score (nSPS) is 15.4. The van der Waals surface area contributed by atoms with Crippen molar-refractivity contribution in [2.24, 2.45) is 7.05 Å². The zero-order valence-electron chi connectivity index (χ0n) is 11.7. The number of anilines is 1. The molecule has 0 aliphatic carbocycles. The highest BCUT2D eigenvalue weighted by atomic mass is 19.4. The van der Waals surface area contributed by atoms with Crippen molar-refractivity contribution in [3.63, 3.8) is 0 Å². The maximum absolute atomic E-state index is 13.0. The fraction of sp³-hybridized carbons (Fsp3) is 0.667. The van der Waals surface area contributed by atoms with Crippen molar-refractivity contribution < 1.29 is 22.7 Å². The van der Waals surface area contributed by atoms with E-state index < -0.39 is 23.6 Å². The third-order valence-electron chi connectivity index (χ3n) is 2.86. The largest absolute Gasteiger partial charge is 0.443 e. The van der Waals surface area contributed by atoms with Crippen LogP contribution in [0.15, 0.2) is 0 Å². The molecular formula is C12H16F3N3O2. The summed E-state index contributed by atoms with van der Waals surface area (Å²) < 4.78 is 45.2. The number of carbonyl (C=O) groups excluding carboxylic acids is 1. The molecule has 0 aromatic carbocycles. The van der Waals surface area contributed by atoms with Gasteiger partial charge in [0.15, 0.2) is 5.69 Å². The molecule has 1 aromatic rings. The molecule has 20 heavy (non-hydrogen) atoms. The van der Waals surface area contributed by atoms with Gasteiger partial charge in [0.1, 0.15) is 11.3 Å². The van der Waals surface area contributed by atoms with Crippen molar-refractivity contribution in [2.45, 2.75) is 39.0 Å². The maximum Gasteiger partial charge on any atom is 0.437 e. The third-order valence-corrected chi connectivity index (χ3v) is 2.86. The minimum atomic E-state index is -4.60. The van der Waals surface area contributed by atoms with Gasteiger partial charge in [0.2, 0.25) is 0 Å². The van der Waals surface area contributed by atoms with E-state index in [1.54, 1.807) is 20.8 Å². The number of amides is 1. The second-order valence-electron chi connectivity index (χ2n) is 5.65. The minimum absolute atomic E-state index is 0.166. The van der Waals surface area contributed by atoms with Crippen LogP contribution in [0.3, 0.4) is 0 Å². The Labute approximate surface area is 114 Å². The van der Waals surface area contributed by atoms with Crippen LogP contribution in [0.25, 0.3) is 0 Å². The molecule has 1 aliphatic heterocycles. The monoisotopic (exact) mass is 291 g/mol. The van der Waals surface area contributed by atoms with Gasteiger partial charge in [0.25, 0.3) is 0 Å². The van der Waals surface area contributed by atoms with Gasteiger partial charge >= 0.3 is 12.3 Å². The van der Waals surface area contributed by atoms with E-state index in [4.69, 9.17) is 4.74 Å². The van der Waals surface area contributed by atoms with Crippen LogP contribution in [-0.4, -0.2) is 28.0 Å². The first kappa shape index (κ1) is 14.7. The van der Waals surface area contributed by atoms with Gasteiger partial charge in [-0.05, 0) is 20.8 Å². The van der Waals surface area contributed by atoms with E-state index in [1.165, 1.54) is 11.7 Å². The van der Waals surface area contributed by atoms with E-state index in [9.17, 15) is 18.0 Å². The molecule has 0 N–H and O–H groups in total. The van der Waals surface area contributed by atoms with Gasteiger partial charge in [0, 0.05) is 20.0 Å². The van der Waals surface area contributed by atoms with E-state index in [-0.39, 0.29) is 12.2 Å². The Kier molecular flexibility index (Phi) is 3.22. The molecule has 1 aliphatic rings. The molecule has 2 rings (SSSR count). The predicted molar refractivity (Wildman–Crippen MR) is 65.5 cm³/mol. The molecule has 0 saturated carbocycles. The lowest BCUT2D eigenvalue weighted by Gasteiger charge is -2.24. The number of rotatable bonds is 0. The number of alkyl halides is 3. The van der Waals surface area contributed by atoms with E-state index in [1.807, 2.05) is 0 Å². The van der Waals surface area contributed by atoms with Crippen LogP contribution < -0.4 is 4.90 Å². The first-order valence-corrected chi connectivity index (χ1v) is 6.14. The molecule has 0 bridgehead atoms. The summed E-state index contributed by atoms with van der Waals surface area (Å²) in [5.41, 5.74) is -1.60. The lowest BCUT2D eigenvalue weighted by Crippen LogP contribution is -2.36. The van der Waals surface area contributed by atoms with Gasteiger partial charge in [-0.25, -0.2) is 4.79 Å². The zero-order chi connectivity index (χ0) is 15.3. The average molecular weight is 291 g/mol. The molecule has 0 unspecified atom stereocenters. The number of aryl methyl sites for hydroxylation is 1. The van der Waals surface area contributed by atoms with Gasteiger partial charge in [-0.3, -0.25) is 9.58 Å². The van der Waals surface area contributed by atoms with Crippen molar-refractivity contribution in [1.82, 2.24) is 9.78 Å². The Bertz CT molecular complexity index is 543. The summed E-state index contributed by atoms with van der Waals surface area (Å²) in [6.45, 7) is 5.15. The van der Waals surface area contributed by atoms with Gasteiger partial charge in [-0.1, -0.05) is 0 Å². The number of ether oxygens (including phenoxy) is 1. The highest BCUT2D eigenvalue weighted by molar-refractivity contribution is 5.91. The highest BCUT2D eigenvalue weighted by Crippen LogP contribution is 2.41. The van der Waals surface area contributed by atoms with E-state index in [0.717, 1.165) is 4.90 Å². The van der Waals surface area contributed by atoms with Crippen molar-refractivity contribution in [2.75, 3.05) is 11.4 Å². The van der Waals surface area contributed by atoms with Crippen LogP contribution in [0.5, 0.6) is 0 Å². The minimum Gasteiger partial charge on any atom is -0.443 e. The molecule has 0 spiro atoms. The Morgan fingerprint density at radius 2 is 1.90 bits per heavy atom. The SMILES string of the molecule is Cn1nc(C(F)(F)F)c2c1CCN2C(=O)OC(C)(C)C. The van der Waals surface area contributed by atoms with Gasteiger partial charge in [-0.2, -0.15) is 18.3 Å². The molecule has 1 aromatic heterocycles. The van der Waals surface area contributed by atoms with E-state index in [2.05, 4.69) is 5.10 Å². The van der Waals surface area contributed by atoms with Gasteiger partial charge in [0.05, 0.1) is 5.69 Å². The van der Waals surface area contributed by atoms with Crippen LogP contribution in [0.2, 0.25) is 0 Å². The van der Waals surface area contributed by atoms with Crippen molar-refractivity contribution in [3.05, 3.63) is 11.4 Å². The number of aromatic nitrogens is 2. The molecule has 0 atom stereocenters. The number of halogens is 3. The summed E-state index contributed by atoms with van der Waals surface area (Å²) >= 11 is 0. The van der Waals surface area contributed by atoms with Crippen molar-refractivity contribution >= 4 is 11.8 Å². The lowest BCUT2D eigenvalue weighted by molar-refractivity contribution is -0.140. The summed E-state index contributed by atoms with van der Waals surface area (Å²) in [4.78, 5) is 13.0. The quantitative estimate of drug-likeness (QED) is 0.738. The first-order valence-electron chi connectivity index (χ1n) is 6.14. The molecule has 2 heterocycles. The molecule has 0 radical (unpaired) electrons. The topological polar surface area (TPSA) is 47.4 Å². The van der Waals surface area contributed by atoms with E-state index in [0.29, 0.717) is 12.1 Å². The molecule has 0 fully saturated rings. The molecule has 1 amide bonds. The number of nitrogens with zero attached hydrogens (tertiary/aromatic N) is 3. The number of fused-ring (bicyclic) bond motifs is 1. The van der Waals surface area contributed by atoms with Crippen LogP contribution in [0.4, 0.5) is 23.7 Å². The highest BCUT2D eigenvalue weighted by Gasteiger charge is 2.44. The summed E-state index contributed by atoms with van der Waals surface area (Å²) in [6.07, 6.45) is -5.06. The second kappa shape index (κ2) is 4.39. The summed E-state index contributed by atoms with van der Waals surface area (Å²) in [5.74, 6) is 0. The smallest absolute Gasteiger partial charge is 0.437 e. The Hall–Kier alpha value is -1.73. The molecule has 8 heteroatoms. The van der Waals surface area contributed by atoms with Gasteiger partial charge in [-0.15, -0.1) is 0 Å². The second-order valence-corrected chi connectivity index (χ2v) is 5.65. The maximum atomic E-state index is 13.0. The Morgan fingerprint density at radius 3 is 2.40 bits per heavy atom. The fourth-order valence-electron chi connectivity index (χ4n) is 2.13. The molecular weight excluding hydrogens is 275 g/mol. The molecule has 112 valence electrons.